The molecule has 0 heterocycles. The number of hydrogen-bond acceptors (Lipinski definition) is 4. The number of sulfonamides is 1. The monoisotopic (exact) mass is 523 g/mol. The summed E-state index contributed by atoms with van der Waals surface area (Å²) in [6, 6.07) is 19.4. The molecule has 0 spiro atoms. The summed E-state index contributed by atoms with van der Waals surface area (Å²) in [5.41, 5.74) is 1.90. The van der Waals surface area contributed by atoms with Gasteiger partial charge in [0.15, 0.2) is 0 Å². The quantitative estimate of drug-likeness (QED) is 0.401. The van der Waals surface area contributed by atoms with E-state index in [9.17, 15) is 18.0 Å². The fraction of sp³-hybridized carbons (Fsp3) is 0.379. The molecular formula is C29H37N3O4S. The molecule has 3 rings (SSSR count). The highest BCUT2D eigenvalue weighted by Gasteiger charge is 2.32. The maximum Gasteiger partial charge on any atom is 0.243 e. The smallest absolute Gasteiger partial charge is 0.243 e. The first-order valence-corrected chi connectivity index (χ1v) is 14.1. The number of carbonyl (C=O) groups is 2. The molecule has 0 saturated carbocycles. The van der Waals surface area contributed by atoms with Crippen LogP contribution in [0.25, 0.3) is 10.8 Å². The first-order valence-electron chi connectivity index (χ1n) is 12.7. The number of benzene rings is 3. The summed E-state index contributed by atoms with van der Waals surface area (Å²) in [5, 5.41) is 4.71. The lowest BCUT2D eigenvalue weighted by molar-refractivity contribution is -0.141. The second-order valence-electron chi connectivity index (χ2n) is 9.46. The van der Waals surface area contributed by atoms with E-state index in [0.717, 1.165) is 32.6 Å². The molecular weight excluding hydrogens is 486 g/mol. The third-order valence-electron chi connectivity index (χ3n) is 6.78. The van der Waals surface area contributed by atoms with Gasteiger partial charge in [-0.2, -0.15) is 4.31 Å². The van der Waals surface area contributed by atoms with E-state index >= 15 is 0 Å². The van der Waals surface area contributed by atoms with Gasteiger partial charge in [0.1, 0.15) is 6.04 Å². The molecule has 2 amide bonds. The maximum atomic E-state index is 13.7. The van der Waals surface area contributed by atoms with E-state index in [2.05, 4.69) is 5.32 Å². The Morgan fingerprint density at radius 1 is 0.919 bits per heavy atom. The second kappa shape index (κ2) is 12.3. The minimum absolute atomic E-state index is 0.0343. The number of rotatable bonds is 11. The van der Waals surface area contributed by atoms with E-state index < -0.39 is 22.0 Å². The van der Waals surface area contributed by atoms with Crippen molar-refractivity contribution in [3.63, 3.8) is 0 Å². The highest BCUT2D eigenvalue weighted by molar-refractivity contribution is 7.89. The van der Waals surface area contributed by atoms with Gasteiger partial charge in [-0.3, -0.25) is 9.59 Å². The van der Waals surface area contributed by atoms with Crippen LogP contribution in [0.2, 0.25) is 0 Å². The molecule has 0 unspecified atom stereocenters. The Kier molecular flexibility index (Phi) is 9.45. The molecule has 37 heavy (non-hydrogen) atoms. The molecule has 3 aromatic carbocycles. The third-order valence-corrected chi connectivity index (χ3v) is 8.58. The Morgan fingerprint density at radius 3 is 2.22 bits per heavy atom. The average molecular weight is 524 g/mol. The van der Waals surface area contributed by atoms with Crippen molar-refractivity contribution in [1.29, 1.82) is 0 Å². The Bertz CT molecular complexity index is 1360. The van der Waals surface area contributed by atoms with Gasteiger partial charge in [-0.05, 0) is 60.7 Å². The van der Waals surface area contributed by atoms with Crippen LogP contribution in [0.15, 0.2) is 71.6 Å². The molecule has 8 heteroatoms. The van der Waals surface area contributed by atoms with Crippen LogP contribution in [0.3, 0.4) is 0 Å². The first kappa shape index (κ1) is 28.3. The number of aryl methyl sites for hydroxylation is 1. The standard InChI is InChI=1S/C29H37N3O4S/c1-6-22(4)30-29(34)27(7-2)32(19-25-15-9-8-12-21(25)3)28(33)20-31(5)37(35,36)26-17-16-23-13-10-11-14-24(23)18-26/h8-18,22,27H,6-7,19-20H2,1-5H3,(H,30,34)/t22-,27-/m1/s1. The fourth-order valence-electron chi connectivity index (χ4n) is 4.21. The molecule has 0 aliphatic heterocycles. The van der Waals surface area contributed by atoms with Crippen LogP contribution >= 0.6 is 0 Å². The van der Waals surface area contributed by atoms with E-state index in [1.807, 2.05) is 76.2 Å². The molecule has 2 atom stereocenters. The predicted octanol–water partition coefficient (Wildman–Crippen LogP) is 4.49. The van der Waals surface area contributed by atoms with Crippen molar-refractivity contribution in [3.05, 3.63) is 77.9 Å². The SMILES string of the molecule is CC[C@@H](C)NC(=O)[C@@H](CC)N(Cc1ccccc1C)C(=O)CN(C)S(=O)(=O)c1ccc2ccccc2c1. The first-order chi connectivity index (χ1) is 17.6. The molecule has 1 N–H and O–H groups in total. The van der Waals surface area contributed by atoms with E-state index in [1.54, 1.807) is 18.2 Å². The van der Waals surface area contributed by atoms with Gasteiger partial charge >= 0.3 is 0 Å². The zero-order valence-corrected chi connectivity index (χ0v) is 23.1. The molecule has 0 aliphatic carbocycles. The number of carbonyl (C=O) groups excluding carboxylic acids is 2. The molecule has 0 bridgehead atoms. The van der Waals surface area contributed by atoms with Gasteiger partial charge in [0.05, 0.1) is 11.4 Å². The minimum atomic E-state index is -3.93. The summed E-state index contributed by atoms with van der Waals surface area (Å²) >= 11 is 0. The topological polar surface area (TPSA) is 86.8 Å². The van der Waals surface area contributed by atoms with E-state index in [4.69, 9.17) is 0 Å². The van der Waals surface area contributed by atoms with Gasteiger partial charge < -0.3 is 10.2 Å². The van der Waals surface area contributed by atoms with E-state index in [-0.39, 0.29) is 29.9 Å². The van der Waals surface area contributed by atoms with Gasteiger partial charge in [-0.15, -0.1) is 0 Å². The molecule has 0 fully saturated rings. The maximum absolute atomic E-state index is 13.7. The van der Waals surface area contributed by atoms with Crippen molar-refractivity contribution in [1.82, 2.24) is 14.5 Å². The van der Waals surface area contributed by atoms with Crippen LogP contribution in [0.1, 0.15) is 44.7 Å². The lowest BCUT2D eigenvalue weighted by atomic mass is 10.1. The van der Waals surface area contributed by atoms with Crippen LogP contribution in [-0.4, -0.2) is 55.1 Å². The lowest BCUT2D eigenvalue weighted by Crippen LogP contribution is -2.53. The Morgan fingerprint density at radius 2 is 1.57 bits per heavy atom. The van der Waals surface area contributed by atoms with Crippen molar-refractivity contribution in [2.75, 3.05) is 13.6 Å². The van der Waals surface area contributed by atoms with Crippen LogP contribution in [0.4, 0.5) is 0 Å². The highest BCUT2D eigenvalue weighted by Crippen LogP contribution is 2.22. The summed E-state index contributed by atoms with van der Waals surface area (Å²) in [6.07, 6.45) is 1.17. The van der Waals surface area contributed by atoms with Crippen LogP contribution in [0.5, 0.6) is 0 Å². The fourth-order valence-corrected chi connectivity index (χ4v) is 5.36. The van der Waals surface area contributed by atoms with Crippen molar-refractivity contribution in [2.24, 2.45) is 0 Å². The van der Waals surface area contributed by atoms with Crippen LogP contribution < -0.4 is 5.32 Å². The van der Waals surface area contributed by atoms with Gasteiger partial charge in [-0.25, -0.2) is 8.42 Å². The summed E-state index contributed by atoms with van der Waals surface area (Å²) in [5.74, 6) is -0.667. The summed E-state index contributed by atoms with van der Waals surface area (Å²) in [4.78, 5) is 28.4. The highest BCUT2D eigenvalue weighted by atomic mass is 32.2. The Labute approximate surface area is 220 Å². The lowest BCUT2D eigenvalue weighted by Gasteiger charge is -2.33. The Balaban J connectivity index is 1.89. The van der Waals surface area contributed by atoms with Crippen LogP contribution in [-0.2, 0) is 26.2 Å². The summed E-state index contributed by atoms with van der Waals surface area (Å²) in [6.45, 7) is 7.54. The number of fused-ring (bicyclic) bond motifs is 1. The number of hydrogen-bond donors (Lipinski definition) is 1. The van der Waals surface area contributed by atoms with Crippen molar-refractivity contribution < 1.29 is 18.0 Å². The minimum Gasteiger partial charge on any atom is -0.352 e. The predicted molar refractivity (Wildman–Crippen MR) is 147 cm³/mol. The zero-order valence-electron chi connectivity index (χ0n) is 22.3. The third kappa shape index (κ3) is 6.76. The zero-order chi connectivity index (χ0) is 27.2. The number of amides is 2. The number of nitrogens with one attached hydrogen (secondary N) is 1. The van der Waals surface area contributed by atoms with Crippen molar-refractivity contribution >= 4 is 32.6 Å². The normalized spacial score (nSPS) is 13.4. The molecule has 7 nitrogen and oxygen atoms in total. The van der Waals surface area contributed by atoms with Crippen molar-refractivity contribution in [3.8, 4) is 0 Å². The van der Waals surface area contributed by atoms with Crippen molar-refractivity contribution in [2.45, 2.75) is 64.1 Å². The van der Waals surface area contributed by atoms with Gasteiger partial charge in [0.25, 0.3) is 0 Å². The summed E-state index contributed by atoms with van der Waals surface area (Å²) in [7, 11) is -2.53. The molecule has 0 aliphatic rings. The molecule has 0 radical (unpaired) electrons. The van der Waals surface area contributed by atoms with Crippen LogP contribution in [0, 0.1) is 6.92 Å². The molecule has 0 saturated heterocycles. The Hall–Kier alpha value is -3.23. The average Bonchev–Trinajstić information content (AvgIpc) is 2.89. The number of nitrogens with zero attached hydrogens (tertiary/aromatic N) is 2. The largest absolute Gasteiger partial charge is 0.352 e. The molecule has 198 valence electrons. The second-order valence-corrected chi connectivity index (χ2v) is 11.5. The van der Waals surface area contributed by atoms with Gasteiger partial charge in [0.2, 0.25) is 21.8 Å². The molecule has 3 aromatic rings. The van der Waals surface area contributed by atoms with Gasteiger partial charge in [0, 0.05) is 19.6 Å². The van der Waals surface area contributed by atoms with E-state index in [1.165, 1.54) is 11.9 Å². The van der Waals surface area contributed by atoms with Gasteiger partial charge in [-0.1, -0.05) is 68.4 Å². The number of likely N-dealkylation sites (N-methyl/N-ethyl adjacent to an activating group) is 1. The summed E-state index contributed by atoms with van der Waals surface area (Å²) < 4.78 is 27.8. The molecule has 0 aromatic heterocycles. The van der Waals surface area contributed by atoms with E-state index in [0.29, 0.717) is 6.42 Å².